The molecule has 3 rings (SSSR count). The van der Waals surface area contributed by atoms with E-state index >= 15 is 0 Å². The van der Waals surface area contributed by atoms with E-state index in [9.17, 15) is 4.79 Å². The molecule has 1 aromatic heterocycles. The summed E-state index contributed by atoms with van der Waals surface area (Å²) < 4.78 is 7.36. The lowest BCUT2D eigenvalue weighted by Crippen LogP contribution is -2.62. The van der Waals surface area contributed by atoms with Crippen LogP contribution in [0.15, 0.2) is 30.6 Å². The SMILES string of the molecule is CC(Oc1ccc(-n2cnnn2)cc1)C(=O)NC1CC(C)(C)NC(C)(C)C1. The number of tetrazole rings is 1. The summed E-state index contributed by atoms with van der Waals surface area (Å²) in [5, 5.41) is 17.8. The third kappa shape index (κ3) is 5.03. The summed E-state index contributed by atoms with van der Waals surface area (Å²) in [6, 6.07) is 7.41. The van der Waals surface area contributed by atoms with Crippen molar-refractivity contribution in [2.45, 2.75) is 70.7 Å². The molecule has 0 saturated carbocycles. The second-order valence-corrected chi connectivity index (χ2v) is 8.51. The molecule has 1 aliphatic rings. The van der Waals surface area contributed by atoms with E-state index in [1.54, 1.807) is 23.7 Å². The lowest BCUT2D eigenvalue weighted by Gasteiger charge is -2.46. The number of aromatic nitrogens is 4. The van der Waals surface area contributed by atoms with Crippen molar-refractivity contribution in [3.8, 4) is 11.4 Å². The summed E-state index contributed by atoms with van der Waals surface area (Å²) in [6.07, 6.45) is 2.71. The van der Waals surface area contributed by atoms with Crippen molar-refractivity contribution >= 4 is 5.91 Å². The van der Waals surface area contributed by atoms with Crippen LogP contribution in [0, 0.1) is 0 Å². The third-order valence-electron chi connectivity index (χ3n) is 4.67. The van der Waals surface area contributed by atoms with E-state index in [4.69, 9.17) is 4.74 Å². The number of amides is 1. The predicted octanol–water partition coefficient (Wildman–Crippen LogP) is 1.85. The van der Waals surface area contributed by atoms with E-state index in [2.05, 4.69) is 53.9 Å². The smallest absolute Gasteiger partial charge is 0.260 e. The van der Waals surface area contributed by atoms with Gasteiger partial charge in [0.15, 0.2) is 6.10 Å². The molecular formula is C19H28N6O2. The van der Waals surface area contributed by atoms with Gasteiger partial charge in [-0.2, -0.15) is 0 Å². The van der Waals surface area contributed by atoms with Crippen molar-refractivity contribution in [1.29, 1.82) is 0 Å². The van der Waals surface area contributed by atoms with Crippen LogP contribution in [0.4, 0.5) is 0 Å². The molecule has 0 bridgehead atoms. The molecule has 0 aliphatic carbocycles. The fourth-order valence-electron chi connectivity index (χ4n) is 3.96. The van der Waals surface area contributed by atoms with Crippen molar-refractivity contribution in [3.63, 3.8) is 0 Å². The highest BCUT2D eigenvalue weighted by atomic mass is 16.5. The first kappa shape index (κ1) is 19.3. The van der Waals surface area contributed by atoms with Gasteiger partial charge in [-0.05, 0) is 82.2 Å². The Morgan fingerprint density at radius 1 is 1.22 bits per heavy atom. The van der Waals surface area contributed by atoms with Crippen molar-refractivity contribution in [2.24, 2.45) is 0 Å². The van der Waals surface area contributed by atoms with E-state index in [1.807, 2.05) is 12.1 Å². The molecule has 8 heteroatoms. The number of nitrogens with one attached hydrogen (secondary N) is 2. The Labute approximate surface area is 159 Å². The number of hydrogen-bond acceptors (Lipinski definition) is 6. The standard InChI is InChI=1S/C19H28N6O2/c1-13(17(26)21-14-10-18(2,3)22-19(4,5)11-14)27-16-8-6-15(7-9-16)25-12-20-23-24-25/h6-9,12-14,22H,10-11H2,1-5H3,(H,21,26). The Morgan fingerprint density at radius 3 is 2.41 bits per heavy atom. The van der Waals surface area contributed by atoms with Crippen molar-refractivity contribution in [1.82, 2.24) is 30.8 Å². The monoisotopic (exact) mass is 372 g/mol. The molecule has 8 nitrogen and oxygen atoms in total. The van der Waals surface area contributed by atoms with Gasteiger partial charge in [0.2, 0.25) is 0 Å². The molecule has 1 saturated heterocycles. The highest BCUT2D eigenvalue weighted by Crippen LogP contribution is 2.28. The molecule has 2 N–H and O–H groups in total. The second-order valence-electron chi connectivity index (χ2n) is 8.51. The minimum atomic E-state index is -0.579. The third-order valence-corrected chi connectivity index (χ3v) is 4.67. The van der Waals surface area contributed by atoms with Crippen LogP contribution in [0.25, 0.3) is 5.69 Å². The van der Waals surface area contributed by atoms with Gasteiger partial charge in [-0.15, -0.1) is 5.10 Å². The lowest BCUT2D eigenvalue weighted by atomic mass is 9.79. The van der Waals surface area contributed by atoms with Crippen molar-refractivity contribution in [2.75, 3.05) is 0 Å². The fraction of sp³-hybridized carbons (Fsp3) is 0.579. The predicted molar refractivity (Wildman–Crippen MR) is 102 cm³/mol. The number of ether oxygens (including phenoxy) is 1. The van der Waals surface area contributed by atoms with Crippen LogP contribution in [0.1, 0.15) is 47.5 Å². The molecule has 1 fully saturated rings. The normalized spacial score (nSPS) is 20.0. The molecule has 27 heavy (non-hydrogen) atoms. The molecule has 2 aromatic rings. The van der Waals surface area contributed by atoms with Crippen LogP contribution in [-0.4, -0.2) is 49.3 Å². The quantitative estimate of drug-likeness (QED) is 0.832. The van der Waals surface area contributed by atoms with Gasteiger partial charge < -0.3 is 15.4 Å². The summed E-state index contributed by atoms with van der Waals surface area (Å²) in [4.78, 5) is 12.6. The minimum absolute atomic E-state index is 0.0180. The van der Waals surface area contributed by atoms with Crippen molar-refractivity contribution < 1.29 is 9.53 Å². The lowest BCUT2D eigenvalue weighted by molar-refractivity contribution is -0.128. The Bertz CT molecular complexity index is 754. The molecule has 2 heterocycles. The van der Waals surface area contributed by atoms with E-state index in [0.717, 1.165) is 18.5 Å². The van der Waals surface area contributed by atoms with E-state index in [1.165, 1.54) is 6.33 Å². The van der Waals surface area contributed by atoms with Crippen LogP contribution in [0.3, 0.4) is 0 Å². The molecule has 1 unspecified atom stereocenters. The highest BCUT2D eigenvalue weighted by molar-refractivity contribution is 5.81. The molecule has 1 aliphatic heterocycles. The van der Waals surface area contributed by atoms with E-state index in [-0.39, 0.29) is 23.0 Å². The van der Waals surface area contributed by atoms with Gasteiger partial charge in [0, 0.05) is 17.1 Å². The maximum atomic E-state index is 12.6. The average molecular weight is 372 g/mol. The zero-order chi connectivity index (χ0) is 19.7. The maximum absolute atomic E-state index is 12.6. The number of carbonyl (C=O) groups excluding carboxylic acids is 1. The van der Waals surface area contributed by atoms with Crippen LogP contribution in [0.5, 0.6) is 5.75 Å². The summed E-state index contributed by atoms with van der Waals surface area (Å²) in [5.41, 5.74) is 0.787. The zero-order valence-electron chi connectivity index (χ0n) is 16.6. The molecule has 0 radical (unpaired) electrons. The molecule has 0 spiro atoms. The maximum Gasteiger partial charge on any atom is 0.260 e. The van der Waals surface area contributed by atoms with Gasteiger partial charge in [-0.25, -0.2) is 4.68 Å². The molecule has 1 aromatic carbocycles. The Balaban J connectivity index is 1.57. The van der Waals surface area contributed by atoms with Gasteiger partial charge in [0.1, 0.15) is 12.1 Å². The average Bonchev–Trinajstić information content (AvgIpc) is 3.06. The second kappa shape index (κ2) is 7.26. The first-order valence-corrected chi connectivity index (χ1v) is 9.23. The minimum Gasteiger partial charge on any atom is -0.481 e. The summed E-state index contributed by atoms with van der Waals surface area (Å²) in [7, 11) is 0. The van der Waals surface area contributed by atoms with Crippen LogP contribution < -0.4 is 15.4 Å². The largest absolute Gasteiger partial charge is 0.481 e. The molecule has 1 amide bonds. The first-order valence-electron chi connectivity index (χ1n) is 9.23. The van der Waals surface area contributed by atoms with E-state index in [0.29, 0.717) is 5.75 Å². The van der Waals surface area contributed by atoms with Gasteiger partial charge in [0.25, 0.3) is 5.91 Å². The van der Waals surface area contributed by atoms with Crippen molar-refractivity contribution in [3.05, 3.63) is 30.6 Å². The number of piperidine rings is 1. The number of carbonyl (C=O) groups is 1. The molecular weight excluding hydrogens is 344 g/mol. The summed E-state index contributed by atoms with van der Waals surface area (Å²) >= 11 is 0. The molecule has 1 atom stereocenters. The topological polar surface area (TPSA) is 94.0 Å². The van der Waals surface area contributed by atoms with Gasteiger partial charge in [-0.3, -0.25) is 4.79 Å². The summed E-state index contributed by atoms with van der Waals surface area (Å²) in [6.45, 7) is 10.4. The van der Waals surface area contributed by atoms with E-state index < -0.39 is 6.10 Å². The van der Waals surface area contributed by atoms with Crippen LogP contribution in [-0.2, 0) is 4.79 Å². The first-order chi connectivity index (χ1) is 12.6. The van der Waals surface area contributed by atoms with Crippen LogP contribution >= 0.6 is 0 Å². The number of rotatable bonds is 5. The number of benzene rings is 1. The molecule has 146 valence electrons. The highest BCUT2D eigenvalue weighted by Gasteiger charge is 2.38. The zero-order valence-corrected chi connectivity index (χ0v) is 16.6. The Kier molecular flexibility index (Phi) is 5.19. The summed E-state index contributed by atoms with van der Waals surface area (Å²) in [5.74, 6) is 0.526. The van der Waals surface area contributed by atoms with Gasteiger partial charge >= 0.3 is 0 Å². The van der Waals surface area contributed by atoms with Gasteiger partial charge in [-0.1, -0.05) is 0 Å². The number of hydrogen-bond donors (Lipinski definition) is 2. The Hall–Kier alpha value is -2.48. The van der Waals surface area contributed by atoms with Crippen LogP contribution in [0.2, 0.25) is 0 Å². The van der Waals surface area contributed by atoms with Gasteiger partial charge in [0.05, 0.1) is 5.69 Å². The number of nitrogens with zero attached hydrogens (tertiary/aromatic N) is 4. The fourth-order valence-corrected chi connectivity index (χ4v) is 3.96. The Morgan fingerprint density at radius 2 is 1.85 bits per heavy atom.